The average Bonchev–Trinajstić information content (AvgIpc) is 2.58. The van der Waals surface area contributed by atoms with Crippen molar-refractivity contribution in [3.63, 3.8) is 0 Å². The van der Waals surface area contributed by atoms with E-state index in [-0.39, 0.29) is 0 Å². The predicted molar refractivity (Wildman–Crippen MR) is 66.0 cm³/mol. The number of carboxylic acids is 1. The van der Waals surface area contributed by atoms with Crippen LogP contribution in [0, 0.1) is 6.92 Å². The lowest BCUT2D eigenvalue weighted by Gasteiger charge is -2.16. The van der Waals surface area contributed by atoms with Gasteiger partial charge >= 0.3 is 5.97 Å². The monoisotopic (exact) mass is 242 g/mol. The quantitative estimate of drug-likeness (QED) is 0.790. The predicted octanol–water partition coefficient (Wildman–Crippen LogP) is 1.33. The van der Waals surface area contributed by atoms with Gasteiger partial charge in [-0.25, -0.2) is 0 Å². The van der Waals surface area contributed by atoms with E-state index in [9.17, 15) is 4.79 Å². The molecule has 5 heteroatoms. The van der Waals surface area contributed by atoms with Crippen LogP contribution in [0.15, 0.2) is 11.4 Å². The molecule has 1 aromatic rings. The van der Waals surface area contributed by atoms with Crippen LogP contribution in [-0.4, -0.2) is 43.2 Å². The fourth-order valence-corrected chi connectivity index (χ4v) is 2.40. The Morgan fingerprint density at radius 2 is 2.31 bits per heavy atom. The van der Waals surface area contributed by atoms with Crippen molar-refractivity contribution in [3.05, 3.63) is 21.9 Å². The molecule has 16 heavy (non-hydrogen) atoms. The first kappa shape index (κ1) is 13.2. The molecule has 4 nitrogen and oxygen atoms in total. The maximum Gasteiger partial charge on any atom is 0.326 e. The molecule has 0 spiro atoms. The van der Waals surface area contributed by atoms with Crippen molar-refractivity contribution in [2.75, 3.05) is 27.2 Å². The van der Waals surface area contributed by atoms with Gasteiger partial charge in [-0.1, -0.05) is 0 Å². The summed E-state index contributed by atoms with van der Waals surface area (Å²) in [6.45, 7) is 3.44. The highest BCUT2D eigenvalue weighted by Gasteiger charge is 2.21. The van der Waals surface area contributed by atoms with E-state index in [1.54, 1.807) is 0 Å². The van der Waals surface area contributed by atoms with Gasteiger partial charge in [0.2, 0.25) is 0 Å². The summed E-state index contributed by atoms with van der Waals surface area (Å²) in [7, 11) is 3.93. The van der Waals surface area contributed by atoms with Gasteiger partial charge in [-0.05, 0) is 38.0 Å². The summed E-state index contributed by atoms with van der Waals surface area (Å²) in [4.78, 5) is 14.1. The summed E-state index contributed by atoms with van der Waals surface area (Å²) in [6, 6.07) is 1.36. The molecule has 1 atom stereocenters. The third-order valence-electron chi connectivity index (χ3n) is 2.32. The molecule has 0 aliphatic heterocycles. The molecule has 0 saturated carbocycles. The first-order valence-electron chi connectivity index (χ1n) is 5.17. The number of nitrogens with zero attached hydrogens (tertiary/aromatic N) is 1. The molecule has 2 N–H and O–H groups in total. The molecular weight excluding hydrogens is 224 g/mol. The Balaban J connectivity index is 2.62. The van der Waals surface area contributed by atoms with Crippen LogP contribution in [0.5, 0.6) is 0 Å². The van der Waals surface area contributed by atoms with Gasteiger partial charge in [-0.2, -0.15) is 0 Å². The topological polar surface area (TPSA) is 52.6 Å². The van der Waals surface area contributed by atoms with Gasteiger partial charge in [0.15, 0.2) is 0 Å². The first-order chi connectivity index (χ1) is 7.52. The van der Waals surface area contributed by atoms with Crippen LogP contribution in [0.25, 0.3) is 0 Å². The van der Waals surface area contributed by atoms with Crippen molar-refractivity contribution in [1.82, 2.24) is 10.2 Å². The minimum atomic E-state index is -0.815. The summed E-state index contributed by atoms with van der Waals surface area (Å²) in [5.41, 5.74) is 1.04. The zero-order chi connectivity index (χ0) is 12.1. The Bertz CT molecular complexity index is 350. The van der Waals surface area contributed by atoms with Crippen molar-refractivity contribution in [2.45, 2.75) is 13.0 Å². The maximum atomic E-state index is 11.2. The number of carboxylic acid groups (broad SMARTS) is 1. The number of carbonyl (C=O) groups is 1. The Morgan fingerprint density at radius 1 is 1.62 bits per heavy atom. The molecule has 0 aromatic carbocycles. The summed E-state index contributed by atoms with van der Waals surface area (Å²) in [5, 5.41) is 14.2. The highest BCUT2D eigenvalue weighted by molar-refractivity contribution is 7.10. The number of rotatable bonds is 6. The van der Waals surface area contributed by atoms with Crippen molar-refractivity contribution in [3.8, 4) is 0 Å². The SMILES string of the molecule is Cc1ccsc1C(NCCN(C)C)C(=O)O. The van der Waals surface area contributed by atoms with E-state index < -0.39 is 12.0 Å². The van der Waals surface area contributed by atoms with Crippen molar-refractivity contribution in [1.29, 1.82) is 0 Å². The smallest absolute Gasteiger partial charge is 0.326 e. The van der Waals surface area contributed by atoms with Crippen LogP contribution >= 0.6 is 11.3 Å². The molecule has 0 aliphatic rings. The third-order valence-corrected chi connectivity index (χ3v) is 3.40. The zero-order valence-electron chi connectivity index (χ0n) is 9.86. The molecule has 90 valence electrons. The summed E-state index contributed by atoms with van der Waals surface area (Å²) < 4.78 is 0. The van der Waals surface area contributed by atoms with E-state index in [2.05, 4.69) is 5.32 Å². The van der Waals surface area contributed by atoms with Gasteiger partial charge in [-0.15, -0.1) is 11.3 Å². The third kappa shape index (κ3) is 3.59. The van der Waals surface area contributed by atoms with Gasteiger partial charge in [0.1, 0.15) is 6.04 Å². The van der Waals surface area contributed by atoms with Crippen LogP contribution in [0.1, 0.15) is 16.5 Å². The number of thiophene rings is 1. The van der Waals surface area contributed by atoms with Crippen LogP contribution in [0.3, 0.4) is 0 Å². The summed E-state index contributed by atoms with van der Waals surface area (Å²) in [6.07, 6.45) is 0. The standard InChI is InChI=1S/C11H18N2O2S/c1-8-4-7-16-10(8)9(11(14)15)12-5-6-13(2)3/h4,7,9,12H,5-6H2,1-3H3,(H,14,15). The number of likely N-dealkylation sites (N-methyl/N-ethyl adjacent to an activating group) is 1. The normalized spacial score (nSPS) is 13.0. The molecule has 0 aliphatic carbocycles. The van der Waals surface area contributed by atoms with E-state index in [1.807, 2.05) is 37.4 Å². The van der Waals surface area contributed by atoms with E-state index in [1.165, 1.54) is 11.3 Å². The van der Waals surface area contributed by atoms with Crippen molar-refractivity contribution >= 4 is 17.3 Å². The summed E-state index contributed by atoms with van der Waals surface area (Å²) in [5.74, 6) is -0.815. The number of nitrogens with one attached hydrogen (secondary N) is 1. The largest absolute Gasteiger partial charge is 0.480 e. The van der Waals surface area contributed by atoms with E-state index in [4.69, 9.17) is 5.11 Å². The van der Waals surface area contributed by atoms with Crippen LogP contribution in [0.2, 0.25) is 0 Å². The van der Waals surface area contributed by atoms with Gasteiger partial charge in [0.05, 0.1) is 0 Å². The fourth-order valence-electron chi connectivity index (χ4n) is 1.40. The zero-order valence-corrected chi connectivity index (χ0v) is 10.7. The second-order valence-electron chi connectivity index (χ2n) is 4.00. The molecule has 1 unspecified atom stereocenters. The Hall–Kier alpha value is -0.910. The fraction of sp³-hybridized carbons (Fsp3) is 0.545. The van der Waals surface area contributed by atoms with Crippen molar-refractivity contribution < 1.29 is 9.90 Å². The molecule has 0 fully saturated rings. The van der Waals surface area contributed by atoms with Crippen LogP contribution < -0.4 is 5.32 Å². The average molecular weight is 242 g/mol. The van der Waals surface area contributed by atoms with E-state index in [0.717, 1.165) is 17.0 Å². The van der Waals surface area contributed by atoms with E-state index in [0.29, 0.717) is 6.54 Å². The number of hydrogen-bond acceptors (Lipinski definition) is 4. The minimum Gasteiger partial charge on any atom is -0.480 e. The van der Waals surface area contributed by atoms with Gasteiger partial charge in [0.25, 0.3) is 0 Å². The highest BCUT2D eigenvalue weighted by Crippen LogP contribution is 2.23. The molecular formula is C11H18N2O2S. The molecule has 1 heterocycles. The molecule has 1 rings (SSSR count). The number of hydrogen-bond donors (Lipinski definition) is 2. The molecule has 0 bridgehead atoms. The Morgan fingerprint density at radius 3 is 2.75 bits per heavy atom. The van der Waals surface area contributed by atoms with Crippen LogP contribution in [-0.2, 0) is 4.79 Å². The van der Waals surface area contributed by atoms with Gasteiger partial charge < -0.3 is 10.0 Å². The maximum absolute atomic E-state index is 11.2. The molecule has 1 aromatic heterocycles. The van der Waals surface area contributed by atoms with Crippen LogP contribution in [0.4, 0.5) is 0 Å². The lowest BCUT2D eigenvalue weighted by molar-refractivity contribution is -0.139. The Kier molecular flexibility index (Phi) is 4.92. The summed E-state index contributed by atoms with van der Waals surface area (Å²) >= 11 is 1.49. The molecule has 0 radical (unpaired) electrons. The highest BCUT2D eigenvalue weighted by atomic mass is 32.1. The molecule has 0 amide bonds. The second-order valence-corrected chi connectivity index (χ2v) is 4.94. The second kappa shape index (κ2) is 5.98. The van der Waals surface area contributed by atoms with Gasteiger partial charge in [0, 0.05) is 18.0 Å². The minimum absolute atomic E-state index is 0.583. The lowest BCUT2D eigenvalue weighted by atomic mass is 10.1. The number of aliphatic carboxylic acids is 1. The van der Waals surface area contributed by atoms with Gasteiger partial charge in [-0.3, -0.25) is 10.1 Å². The Labute approximate surface area is 99.9 Å². The first-order valence-corrected chi connectivity index (χ1v) is 6.05. The number of aryl methyl sites for hydroxylation is 1. The van der Waals surface area contributed by atoms with E-state index >= 15 is 0 Å². The lowest BCUT2D eigenvalue weighted by Crippen LogP contribution is -2.33. The van der Waals surface area contributed by atoms with Crippen molar-refractivity contribution in [2.24, 2.45) is 0 Å². The molecule has 0 saturated heterocycles.